The Morgan fingerprint density at radius 3 is 1.92 bits per heavy atom. The number of para-hydroxylation sites is 1. The molecule has 11 rings (SSSR count). The van der Waals surface area contributed by atoms with Gasteiger partial charge >= 0.3 is 0 Å². The molecule has 0 bridgehead atoms. The summed E-state index contributed by atoms with van der Waals surface area (Å²) in [4.78, 5) is 5.34. The van der Waals surface area contributed by atoms with E-state index in [1.807, 2.05) is 6.07 Å². The molecule has 0 aliphatic heterocycles. The number of furan rings is 1. The van der Waals surface area contributed by atoms with Gasteiger partial charge in [0.15, 0.2) is 0 Å². The third kappa shape index (κ3) is 4.11. The van der Waals surface area contributed by atoms with Crippen LogP contribution < -0.4 is 0 Å². The largest absolute Gasteiger partial charge is 0.456 e. The first kappa shape index (κ1) is 29.1. The molecule has 0 amide bonds. The van der Waals surface area contributed by atoms with E-state index in [1.165, 1.54) is 38.6 Å². The molecule has 0 radical (unpaired) electrons. The van der Waals surface area contributed by atoms with Crippen LogP contribution in [0.3, 0.4) is 0 Å². The van der Waals surface area contributed by atoms with Crippen molar-refractivity contribution in [2.24, 2.45) is 0 Å². The molecule has 1 aliphatic rings. The van der Waals surface area contributed by atoms with Crippen molar-refractivity contribution in [3.63, 3.8) is 0 Å². The van der Waals surface area contributed by atoms with E-state index in [9.17, 15) is 0 Å². The van der Waals surface area contributed by atoms with Crippen LogP contribution in [0.5, 0.6) is 0 Å². The fraction of sp³-hybridized carbons (Fsp3) is 0.0408. The van der Waals surface area contributed by atoms with Crippen molar-refractivity contribution >= 4 is 43.7 Å². The first-order valence-corrected chi connectivity index (χ1v) is 17.9. The summed E-state index contributed by atoms with van der Waals surface area (Å²) in [5.74, 6) is 0.871. The fourth-order valence-corrected chi connectivity index (χ4v) is 8.73. The van der Waals surface area contributed by atoms with Gasteiger partial charge in [0.05, 0.1) is 16.7 Å². The van der Waals surface area contributed by atoms with Crippen molar-refractivity contribution in [2.45, 2.75) is 12.3 Å². The van der Waals surface area contributed by atoms with E-state index in [4.69, 9.17) is 9.40 Å². The van der Waals surface area contributed by atoms with Crippen molar-refractivity contribution in [1.82, 2.24) is 9.55 Å². The fourth-order valence-electron chi connectivity index (χ4n) is 8.73. The molecule has 1 aliphatic carbocycles. The van der Waals surface area contributed by atoms with Crippen LogP contribution in [-0.4, -0.2) is 9.55 Å². The lowest BCUT2D eigenvalue weighted by atomic mass is 9.74. The number of pyridine rings is 1. The Hall–Kier alpha value is -6.71. The first-order chi connectivity index (χ1) is 25.6. The Labute approximate surface area is 301 Å². The molecule has 3 heteroatoms. The molecule has 3 aromatic heterocycles. The summed E-state index contributed by atoms with van der Waals surface area (Å²) in [6.45, 7) is 2.37. The minimum absolute atomic E-state index is 0.281. The molecule has 244 valence electrons. The zero-order valence-corrected chi connectivity index (χ0v) is 28.5. The number of aromatic nitrogens is 2. The molecule has 3 heterocycles. The lowest BCUT2D eigenvalue weighted by Crippen LogP contribution is -2.22. The quantitative estimate of drug-likeness (QED) is 0.187. The van der Waals surface area contributed by atoms with Crippen LogP contribution in [0.4, 0.5) is 0 Å². The molecule has 1 unspecified atom stereocenters. The number of fused-ring (bicyclic) bond motifs is 9. The Balaban J connectivity index is 1.18. The summed E-state index contributed by atoms with van der Waals surface area (Å²) in [7, 11) is 0. The SMILES string of the molecule is CC1(c2ccccc2)c2ccccc2-c2cc3oc4cc5c(cc4c3cc21)c1ccccc1n5-c1cc(-c2ccccc2)cc(-c2ccccc2)n1. The number of hydrogen-bond donors (Lipinski definition) is 0. The Morgan fingerprint density at radius 1 is 0.462 bits per heavy atom. The van der Waals surface area contributed by atoms with Crippen LogP contribution in [0.2, 0.25) is 0 Å². The predicted octanol–water partition coefficient (Wildman–Crippen LogP) is 12.7. The van der Waals surface area contributed by atoms with Crippen LogP contribution in [0.25, 0.3) is 83.1 Å². The van der Waals surface area contributed by atoms with Gasteiger partial charge in [-0.05, 0) is 82.3 Å². The van der Waals surface area contributed by atoms with Crippen LogP contribution in [0.1, 0.15) is 23.6 Å². The van der Waals surface area contributed by atoms with E-state index in [0.717, 1.165) is 61.2 Å². The predicted molar refractivity (Wildman–Crippen MR) is 214 cm³/mol. The zero-order chi connectivity index (χ0) is 34.4. The minimum atomic E-state index is -0.281. The maximum absolute atomic E-state index is 6.81. The van der Waals surface area contributed by atoms with Crippen LogP contribution >= 0.6 is 0 Å². The molecule has 52 heavy (non-hydrogen) atoms. The van der Waals surface area contributed by atoms with E-state index in [1.54, 1.807) is 0 Å². The summed E-state index contributed by atoms with van der Waals surface area (Å²) in [6.07, 6.45) is 0. The smallest absolute Gasteiger partial charge is 0.138 e. The second-order valence-electron chi connectivity index (χ2n) is 14.1. The number of rotatable bonds is 4. The van der Waals surface area contributed by atoms with Gasteiger partial charge in [-0.1, -0.05) is 133 Å². The van der Waals surface area contributed by atoms with Crippen LogP contribution in [0, 0.1) is 0 Å². The molecule has 0 spiro atoms. The summed E-state index contributed by atoms with van der Waals surface area (Å²) >= 11 is 0. The third-order valence-corrected chi connectivity index (χ3v) is 11.3. The van der Waals surface area contributed by atoms with Gasteiger partial charge in [-0.15, -0.1) is 0 Å². The summed E-state index contributed by atoms with van der Waals surface area (Å²) in [5, 5.41) is 4.62. The number of nitrogens with zero attached hydrogens (tertiary/aromatic N) is 2. The zero-order valence-electron chi connectivity index (χ0n) is 28.5. The topological polar surface area (TPSA) is 31.0 Å². The molecular weight excluding hydrogens is 633 g/mol. The van der Waals surface area contributed by atoms with Crippen molar-refractivity contribution in [3.8, 4) is 39.3 Å². The number of benzene rings is 7. The van der Waals surface area contributed by atoms with Gasteiger partial charge in [-0.3, -0.25) is 4.57 Å². The standard InChI is InChI=1S/C49H32N2O/c1-49(34-19-9-4-10-20-34)41-23-13-11-21-35(41)37-29-46-40(28-42(37)49)39-27-38-36-22-12-14-24-44(36)51(45(38)30-47(39)52-46)48-26-33(31-15-5-2-6-16-31)25-43(50-48)32-17-7-3-8-18-32/h2-30H,1H3. The second-order valence-corrected chi connectivity index (χ2v) is 14.1. The molecule has 3 nitrogen and oxygen atoms in total. The molecule has 0 saturated carbocycles. The van der Waals surface area contributed by atoms with Crippen LogP contribution in [-0.2, 0) is 5.41 Å². The minimum Gasteiger partial charge on any atom is -0.456 e. The highest BCUT2D eigenvalue weighted by atomic mass is 16.3. The van der Waals surface area contributed by atoms with Gasteiger partial charge in [0.25, 0.3) is 0 Å². The molecule has 1 atom stereocenters. The lowest BCUT2D eigenvalue weighted by molar-refractivity contribution is 0.668. The van der Waals surface area contributed by atoms with E-state index in [-0.39, 0.29) is 5.41 Å². The van der Waals surface area contributed by atoms with E-state index in [2.05, 4.69) is 181 Å². The third-order valence-electron chi connectivity index (χ3n) is 11.3. The molecule has 7 aromatic carbocycles. The van der Waals surface area contributed by atoms with Crippen molar-refractivity contribution in [1.29, 1.82) is 0 Å². The highest BCUT2D eigenvalue weighted by molar-refractivity contribution is 6.18. The highest BCUT2D eigenvalue weighted by Gasteiger charge is 2.41. The first-order valence-electron chi connectivity index (χ1n) is 17.9. The average molecular weight is 665 g/mol. The van der Waals surface area contributed by atoms with Gasteiger partial charge in [0, 0.05) is 38.6 Å². The summed E-state index contributed by atoms with van der Waals surface area (Å²) in [5.41, 5.74) is 14.4. The lowest BCUT2D eigenvalue weighted by Gasteiger charge is -2.28. The number of hydrogen-bond acceptors (Lipinski definition) is 2. The average Bonchev–Trinajstić information content (AvgIpc) is 3.82. The molecular formula is C49H32N2O. The van der Waals surface area contributed by atoms with Gasteiger partial charge < -0.3 is 4.42 Å². The Kier molecular flexibility index (Phi) is 6.09. The normalized spacial score (nSPS) is 15.1. The van der Waals surface area contributed by atoms with Gasteiger partial charge in [-0.25, -0.2) is 4.98 Å². The van der Waals surface area contributed by atoms with Crippen LogP contribution in [0.15, 0.2) is 180 Å². The van der Waals surface area contributed by atoms with Crippen molar-refractivity contribution < 1.29 is 4.42 Å². The van der Waals surface area contributed by atoms with Gasteiger partial charge in [0.2, 0.25) is 0 Å². The monoisotopic (exact) mass is 664 g/mol. The van der Waals surface area contributed by atoms with Gasteiger partial charge in [0.1, 0.15) is 17.0 Å². The van der Waals surface area contributed by atoms with E-state index < -0.39 is 0 Å². The maximum Gasteiger partial charge on any atom is 0.138 e. The molecule has 0 N–H and O–H groups in total. The molecule has 0 saturated heterocycles. The van der Waals surface area contributed by atoms with Gasteiger partial charge in [-0.2, -0.15) is 0 Å². The Bertz CT molecular complexity index is 2950. The Morgan fingerprint density at radius 2 is 1.12 bits per heavy atom. The second kappa shape index (κ2) is 10.9. The van der Waals surface area contributed by atoms with E-state index in [0.29, 0.717) is 0 Å². The van der Waals surface area contributed by atoms with Crippen molar-refractivity contribution in [2.75, 3.05) is 0 Å². The maximum atomic E-state index is 6.81. The summed E-state index contributed by atoms with van der Waals surface area (Å²) in [6, 6.07) is 63.0. The molecule has 0 fully saturated rings. The summed E-state index contributed by atoms with van der Waals surface area (Å²) < 4.78 is 9.12. The van der Waals surface area contributed by atoms with Crippen molar-refractivity contribution in [3.05, 3.63) is 193 Å². The molecule has 10 aromatic rings. The highest BCUT2D eigenvalue weighted by Crippen LogP contribution is 2.54. The van der Waals surface area contributed by atoms with E-state index >= 15 is 0 Å².